The molecule has 30 heavy (non-hydrogen) atoms. The number of hydrogen-bond donors (Lipinski definition) is 1. The average Bonchev–Trinajstić information content (AvgIpc) is 3.32. The van der Waals surface area contributed by atoms with E-state index in [0.29, 0.717) is 37.3 Å². The highest BCUT2D eigenvalue weighted by molar-refractivity contribution is 6.22. The molecule has 0 spiro atoms. The van der Waals surface area contributed by atoms with Crippen molar-refractivity contribution < 1.29 is 19.1 Å². The van der Waals surface area contributed by atoms with Crippen LogP contribution in [0.5, 0.6) is 0 Å². The Hall–Kier alpha value is -3.61. The van der Waals surface area contributed by atoms with Gasteiger partial charge in [-0.05, 0) is 29.7 Å². The number of amides is 1. The average molecular weight is 405 g/mol. The summed E-state index contributed by atoms with van der Waals surface area (Å²) in [5.74, 6) is 1.04. The van der Waals surface area contributed by atoms with Gasteiger partial charge < -0.3 is 19.4 Å². The number of ether oxygens (including phenoxy) is 2. The van der Waals surface area contributed by atoms with Crippen molar-refractivity contribution >= 4 is 28.5 Å². The third-order valence-electron chi connectivity index (χ3n) is 5.23. The standard InChI is InChI=1S/C23H23N3O4/c1-29-19-13-26(14-20-24-17-5-3-4-6-18(17)25-20)23(28)22(19)16-10-7-15(8-11-16)9-12-21(27)30-2/h3-8,10-11H,9,12-14H2,1-2H3,(H,24,25). The maximum absolute atomic E-state index is 13.1. The molecule has 1 amide bonds. The zero-order chi connectivity index (χ0) is 21.1. The van der Waals surface area contributed by atoms with Crippen LogP contribution in [0.15, 0.2) is 54.3 Å². The number of esters is 1. The van der Waals surface area contributed by atoms with Gasteiger partial charge >= 0.3 is 5.97 Å². The van der Waals surface area contributed by atoms with Gasteiger partial charge in [-0.1, -0.05) is 36.4 Å². The number of carbonyl (C=O) groups excluding carboxylic acids is 2. The third kappa shape index (κ3) is 3.91. The first kappa shape index (κ1) is 19.7. The van der Waals surface area contributed by atoms with Crippen molar-refractivity contribution in [1.29, 1.82) is 0 Å². The van der Waals surface area contributed by atoms with E-state index in [9.17, 15) is 9.59 Å². The molecule has 2 aromatic carbocycles. The molecule has 0 bridgehead atoms. The van der Waals surface area contributed by atoms with E-state index < -0.39 is 0 Å². The summed E-state index contributed by atoms with van der Waals surface area (Å²) < 4.78 is 10.2. The second-order valence-electron chi connectivity index (χ2n) is 7.14. The van der Waals surface area contributed by atoms with Gasteiger partial charge in [0.1, 0.15) is 11.6 Å². The van der Waals surface area contributed by atoms with Crippen LogP contribution in [0, 0.1) is 0 Å². The second-order valence-corrected chi connectivity index (χ2v) is 7.14. The largest absolute Gasteiger partial charge is 0.498 e. The number of imidazole rings is 1. The minimum atomic E-state index is -0.240. The topological polar surface area (TPSA) is 84.5 Å². The number of aromatic nitrogens is 2. The number of benzene rings is 2. The Bertz CT molecular complexity index is 1080. The van der Waals surface area contributed by atoms with E-state index in [4.69, 9.17) is 4.74 Å². The van der Waals surface area contributed by atoms with Gasteiger partial charge in [0.15, 0.2) is 0 Å². The molecular weight excluding hydrogens is 382 g/mol. The van der Waals surface area contributed by atoms with Gasteiger partial charge in [0.2, 0.25) is 0 Å². The maximum Gasteiger partial charge on any atom is 0.305 e. The maximum atomic E-state index is 13.1. The van der Waals surface area contributed by atoms with Crippen LogP contribution < -0.4 is 0 Å². The number of methoxy groups -OCH3 is 2. The number of para-hydroxylation sites is 2. The number of H-pyrrole nitrogens is 1. The van der Waals surface area contributed by atoms with Crippen LogP contribution in [-0.4, -0.2) is 47.5 Å². The Morgan fingerprint density at radius 2 is 1.90 bits per heavy atom. The van der Waals surface area contributed by atoms with E-state index in [1.54, 1.807) is 12.0 Å². The minimum absolute atomic E-state index is 0.0883. The van der Waals surface area contributed by atoms with Crippen LogP contribution in [-0.2, 0) is 32.0 Å². The molecule has 0 radical (unpaired) electrons. The van der Waals surface area contributed by atoms with Crippen LogP contribution >= 0.6 is 0 Å². The zero-order valence-electron chi connectivity index (χ0n) is 17.0. The lowest BCUT2D eigenvalue weighted by Crippen LogP contribution is -2.27. The molecule has 0 fully saturated rings. The van der Waals surface area contributed by atoms with Crippen LogP contribution in [0.3, 0.4) is 0 Å². The first-order valence-electron chi connectivity index (χ1n) is 9.75. The van der Waals surface area contributed by atoms with Crippen molar-refractivity contribution in [3.63, 3.8) is 0 Å². The number of nitrogens with one attached hydrogen (secondary N) is 1. The molecule has 0 saturated carbocycles. The highest BCUT2D eigenvalue weighted by atomic mass is 16.5. The molecule has 0 saturated heterocycles. The monoisotopic (exact) mass is 405 g/mol. The lowest BCUT2D eigenvalue weighted by atomic mass is 10.0. The summed E-state index contributed by atoms with van der Waals surface area (Å²) >= 11 is 0. The molecule has 7 nitrogen and oxygen atoms in total. The van der Waals surface area contributed by atoms with Crippen LogP contribution in [0.2, 0.25) is 0 Å². The summed E-state index contributed by atoms with van der Waals surface area (Å²) in [5.41, 5.74) is 4.19. The molecule has 3 aromatic rings. The van der Waals surface area contributed by atoms with Crippen LogP contribution in [0.25, 0.3) is 16.6 Å². The number of fused-ring (bicyclic) bond motifs is 1. The Morgan fingerprint density at radius 3 is 2.60 bits per heavy atom. The van der Waals surface area contributed by atoms with E-state index in [1.165, 1.54) is 7.11 Å². The molecular formula is C23H23N3O4. The van der Waals surface area contributed by atoms with E-state index in [0.717, 1.165) is 28.0 Å². The summed E-state index contributed by atoms with van der Waals surface area (Å²) in [4.78, 5) is 34.0. The van der Waals surface area contributed by atoms with Gasteiger partial charge in [-0.25, -0.2) is 4.98 Å². The number of nitrogens with zero attached hydrogens (tertiary/aromatic N) is 2. The van der Waals surface area contributed by atoms with Gasteiger partial charge in [-0.3, -0.25) is 9.59 Å². The van der Waals surface area contributed by atoms with Crippen molar-refractivity contribution in [2.75, 3.05) is 20.8 Å². The highest BCUT2D eigenvalue weighted by Gasteiger charge is 2.32. The fraction of sp³-hybridized carbons (Fsp3) is 0.261. The lowest BCUT2D eigenvalue weighted by molar-refractivity contribution is -0.140. The van der Waals surface area contributed by atoms with Crippen molar-refractivity contribution in [1.82, 2.24) is 14.9 Å². The Kier molecular flexibility index (Phi) is 5.52. The first-order valence-corrected chi connectivity index (χ1v) is 9.75. The van der Waals surface area contributed by atoms with Crippen LogP contribution in [0.4, 0.5) is 0 Å². The normalized spacial score (nSPS) is 13.9. The number of aryl methyl sites for hydroxylation is 1. The summed E-state index contributed by atoms with van der Waals surface area (Å²) in [6.45, 7) is 0.771. The molecule has 0 unspecified atom stereocenters. The Morgan fingerprint density at radius 1 is 1.13 bits per heavy atom. The van der Waals surface area contributed by atoms with Crippen molar-refractivity contribution in [3.05, 3.63) is 71.2 Å². The lowest BCUT2D eigenvalue weighted by Gasteiger charge is -2.14. The smallest absolute Gasteiger partial charge is 0.305 e. The van der Waals surface area contributed by atoms with E-state index >= 15 is 0 Å². The summed E-state index contributed by atoms with van der Waals surface area (Å²) in [6, 6.07) is 15.4. The molecule has 7 heteroatoms. The quantitative estimate of drug-likeness (QED) is 0.611. The van der Waals surface area contributed by atoms with E-state index in [2.05, 4.69) is 14.7 Å². The number of hydrogen-bond acceptors (Lipinski definition) is 5. The number of rotatable bonds is 7. The van der Waals surface area contributed by atoms with Gasteiger partial charge in [0, 0.05) is 6.42 Å². The molecule has 0 atom stereocenters. The second kappa shape index (κ2) is 8.41. The van der Waals surface area contributed by atoms with E-state index in [1.807, 2.05) is 48.5 Å². The SMILES string of the molecule is COC(=O)CCc1ccc(C2=C(OC)CN(Cc3nc4ccccc4[nH]3)C2=O)cc1. The number of carbonyl (C=O) groups is 2. The first-order chi connectivity index (χ1) is 14.6. The van der Waals surface area contributed by atoms with Crippen molar-refractivity contribution in [2.24, 2.45) is 0 Å². The molecule has 0 aliphatic carbocycles. The van der Waals surface area contributed by atoms with Gasteiger partial charge in [-0.2, -0.15) is 0 Å². The molecule has 1 aliphatic heterocycles. The Balaban J connectivity index is 1.50. The highest BCUT2D eigenvalue weighted by Crippen LogP contribution is 2.30. The van der Waals surface area contributed by atoms with Crippen molar-refractivity contribution in [2.45, 2.75) is 19.4 Å². The Labute approximate surface area is 174 Å². The minimum Gasteiger partial charge on any atom is -0.498 e. The predicted octanol–water partition coefficient (Wildman–Crippen LogP) is 3.07. The number of aromatic amines is 1. The van der Waals surface area contributed by atoms with Gasteiger partial charge in [0.05, 0.1) is 43.9 Å². The molecule has 4 rings (SSSR count). The van der Waals surface area contributed by atoms with Crippen molar-refractivity contribution in [3.8, 4) is 0 Å². The summed E-state index contributed by atoms with van der Waals surface area (Å²) in [6.07, 6.45) is 0.918. The molecule has 1 aliphatic rings. The van der Waals surface area contributed by atoms with Gasteiger partial charge in [0.25, 0.3) is 5.91 Å². The van der Waals surface area contributed by atoms with E-state index in [-0.39, 0.29) is 11.9 Å². The molecule has 1 N–H and O–H groups in total. The predicted molar refractivity (Wildman–Crippen MR) is 112 cm³/mol. The molecule has 2 heterocycles. The fourth-order valence-electron chi connectivity index (χ4n) is 3.63. The van der Waals surface area contributed by atoms with Gasteiger partial charge in [-0.15, -0.1) is 0 Å². The zero-order valence-corrected chi connectivity index (χ0v) is 17.0. The molecule has 154 valence electrons. The molecule has 1 aromatic heterocycles. The summed E-state index contributed by atoms with van der Waals surface area (Å²) in [7, 11) is 2.96. The summed E-state index contributed by atoms with van der Waals surface area (Å²) in [5, 5.41) is 0. The van der Waals surface area contributed by atoms with Crippen LogP contribution in [0.1, 0.15) is 23.4 Å². The third-order valence-corrected chi connectivity index (χ3v) is 5.23. The fourth-order valence-corrected chi connectivity index (χ4v) is 3.63.